The molecule has 1 aromatic carbocycles. The third kappa shape index (κ3) is 3.48. The van der Waals surface area contributed by atoms with Crippen LogP contribution in [0.25, 0.3) is 11.0 Å². The van der Waals surface area contributed by atoms with Crippen molar-refractivity contribution in [1.82, 2.24) is 10.2 Å². The first-order valence-electron chi connectivity index (χ1n) is 7.89. The van der Waals surface area contributed by atoms with E-state index >= 15 is 0 Å². The third-order valence-electron chi connectivity index (χ3n) is 4.22. The molecule has 1 fully saturated rings. The Balaban J connectivity index is 1.45. The summed E-state index contributed by atoms with van der Waals surface area (Å²) in [6.07, 6.45) is 4.01. The van der Waals surface area contributed by atoms with Gasteiger partial charge in [0.05, 0.1) is 11.7 Å². The minimum Gasteiger partial charge on any atom is -0.463 e. The zero-order chi connectivity index (χ0) is 15.4. The summed E-state index contributed by atoms with van der Waals surface area (Å²) in [5, 5.41) is 13.3. The van der Waals surface area contributed by atoms with E-state index in [2.05, 4.69) is 10.2 Å². The Bertz CT molecular complexity index is 630. The number of hydrogen-bond acceptors (Lipinski definition) is 4. The third-order valence-corrected chi connectivity index (χ3v) is 4.22. The number of benzene rings is 1. The lowest BCUT2D eigenvalue weighted by Crippen LogP contribution is -2.37. The summed E-state index contributed by atoms with van der Waals surface area (Å²) < 4.78 is 5.39. The summed E-state index contributed by atoms with van der Waals surface area (Å²) in [4.78, 5) is 14.5. The first-order valence-corrected chi connectivity index (χ1v) is 7.89. The van der Waals surface area contributed by atoms with Gasteiger partial charge in [0.1, 0.15) is 11.8 Å². The smallest absolute Gasteiger partial charge is 0.255 e. The van der Waals surface area contributed by atoms with Crippen LogP contribution < -0.4 is 5.32 Å². The van der Waals surface area contributed by atoms with Crippen molar-refractivity contribution in [3.05, 3.63) is 36.1 Å². The van der Waals surface area contributed by atoms with Crippen LogP contribution in [0.15, 0.2) is 34.9 Å². The average Bonchev–Trinajstić information content (AvgIpc) is 2.97. The molecule has 5 nitrogen and oxygen atoms in total. The molecule has 118 valence electrons. The highest BCUT2D eigenvalue weighted by Gasteiger charge is 2.16. The second-order valence-electron chi connectivity index (χ2n) is 5.83. The summed E-state index contributed by atoms with van der Waals surface area (Å²) in [7, 11) is 0. The summed E-state index contributed by atoms with van der Waals surface area (Å²) in [6.45, 7) is 3.50. The van der Waals surface area contributed by atoms with Crippen LogP contribution in [0.4, 0.5) is 0 Å². The molecule has 0 aliphatic carbocycles. The number of nitrogens with zero attached hydrogens (tertiary/aromatic N) is 1. The van der Waals surface area contributed by atoms with E-state index in [-0.39, 0.29) is 12.0 Å². The molecule has 1 aliphatic rings. The molecule has 0 radical (unpaired) electrons. The van der Waals surface area contributed by atoms with E-state index in [4.69, 9.17) is 4.42 Å². The molecule has 0 saturated carbocycles. The van der Waals surface area contributed by atoms with Crippen molar-refractivity contribution in [2.45, 2.75) is 25.4 Å². The maximum absolute atomic E-state index is 12.2. The van der Waals surface area contributed by atoms with Crippen LogP contribution in [0.2, 0.25) is 0 Å². The molecule has 1 amide bonds. The number of rotatable bonds is 5. The quantitative estimate of drug-likeness (QED) is 0.829. The van der Waals surface area contributed by atoms with Crippen molar-refractivity contribution in [3.8, 4) is 0 Å². The van der Waals surface area contributed by atoms with Gasteiger partial charge < -0.3 is 19.7 Å². The standard InChI is InChI=1S/C17H22N2O3/c20-13-6-10-19(11-7-13)9-3-8-18-17(21)15-12-22-16-5-2-1-4-14(15)16/h1-2,4-5,12-13,20H,3,6-11H2,(H,18,21). The number of para-hydroxylation sites is 1. The first-order chi connectivity index (χ1) is 10.7. The van der Waals surface area contributed by atoms with Crippen molar-refractivity contribution in [2.24, 2.45) is 0 Å². The predicted molar refractivity (Wildman–Crippen MR) is 84.8 cm³/mol. The zero-order valence-corrected chi connectivity index (χ0v) is 12.6. The molecule has 22 heavy (non-hydrogen) atoms. The SMILES string of the molecule is O=C(NCCCN1CCC(O)CC1)c1coc2ccccc12. The van der Waals surface area contributed by atoms with Gasteiger partial charge in [-0.05, 0) is 31.9 Å². The van der Waals surface area contributed by atoms with E-state index in [9.17, 15) is 9.90 Å². The molecule has 1 aromatic heterocycles. The number of hydrogen-bond donors (Lipinski definition) is 2. The lowest BCUT2D eigenvalue weighted by molar-refractivity contribution is 0.0816. The number of furan rings is 1. The van der Waals surface area contributed by atoms with Crippen molar-refractivity contribution in [1.29, 1.82) is 0 Å². The topological polar surface area (TPSA) is 65.7 Å². The number of nitrogens with one attached hydrogen (secondary N) is 1. The van der Waals surface area contributed by atoms with Crippen LogP contribution in [0, 0.1) is 0 Å². The Labute approximate surface area is 129 Å². The lowest BCUT2D eigenvalue weighted by atomic mass is 10.1. The van der Waals surface area contributed by atoms with Crippen LogP contribution in [0.1, 0.15) is 29.6 Å². The van der Waals surface area contributed by atoms with Crippen molar-refractivity contribution >= 4 is 16.9 Å². The Kier molecular flexibility index (Phi) is 4.75. The van der Waals surface area contributed by atoms with Gasteiger partial charge in [0.25, 0.3) is 5.91 Å². The van der Waals surface area contributed by atoms with Gasteiger partial charge >= 0.3 is 0 Å². The minimum atomic E-state index is -0.134. The predicted octanol–water partition coefficient (Wildman–Crippen LogP) is 2.01. The van der Waals surface area contributed by atoms with E-state index in [1.165, 1.54) is 6.26 Å². The summed E-state index contributed by atoms with van der Waals surface area (Å²) in [5.74, 6) is -0.0842. The second-order valence-corrected chi connectivity index (χ2v) is 5.83. The molecule has 0 bridgehead atoms. The summed E-state index contributed by atoms with van der Waals surface area (Å²) in [6, 6.07) is 7.55. The molecule has 1 saturated heterocycles. The fourth-order valence-corrected chi connectivity index (χ4v) is 2.90. The Morgan fingerprint density at radius 3 is 2.91 bits per heavy atom. The van der Waals surface area contributed by atoms with Gasteiger partial charge in [-0.3, -0.25) is 4.79 Å². The van der Waals surface area contributed by atoms with Crippen LogP contribution in [0.5, 0.6) is 0 Å². The number of aliphatic hydroxyl groups is 1. The van der Waals surface area contributed by atoms with Gasteiger partial charge in [-0.1, -0.05) is 18.2 Å². The Morgan fingerprint density at radius 1 is 1.32 bits per heavy atom. The molecular formula is C17H22N2O3. The van der Waals surface area contributed by atoms with E-state index in [1.807, 2.05) is 24.3 Å². The number of likely N-dealkylation sites (tertiary alicyclic amines) is 1. The second kappa shape index (κ2) is 6.94. The zero-order valence-electron chi connectivity index (χ0n) is 12.6. The number of fused-ring (bicyclic) bond motifs is 1. The highest BCUT2D eigenvalue weighted by atomic mass is 16.3. The van der Waals surface area contributed by atoms with E-state index in [1.54, 1.807) is 0 Å². The van der Waals surface area contributed by atoms with Crippen molar-refractivity contribution in [2.75, 3.05) is 26.2 Å². The molecule has 2 aromatic rings. The molecular weight excluding hydrogens is 280 g/mol. The van der Waals surface area contributed by atoms with E-state index in [0.29, 0.717) is 12.1 Å². The number of amides is 1. The van der Waals surface area contributed by atoms with Gasteiger partial charge in [-0.2, -0.15) is 0 Å². The van der Waals surface area contributed by atoms with Crippen molar-refractivity contribution < 1.29 is 14.3 Å². The fraction of sp³-hybridized carbons (Fsp3) is 0.471. The molecule has 2 N–H and O–H groups in total. The van der Waals surface area contributed by atoms with Gasteiger partial charge in [0, 0.05) is 25.0 Å². The van der Waals surface area contributed by atoms with Crippen LogP contribution in [-0.4, -0.2) is 48.2 Å². The molecule has 0 unspecified atom stereocenters. The Morgan fingerprint density at radius 2 is 2.09 bits per heavy atom. The Hall–Kier alpha value is -1.85. The normalized spacial score (nSPS) is 17.0. The van der Waals surface area contributed by atoms with Gasteiger partial charge in [-0.15, -0.1) is 0 Å². The number of aliphatic hydroxyl groups excluding tert-OH is 1. The number of carbonyl (C=O) groups excluding carboxylic acids is 1. The fourth-order valence-electron chi connectivity index (χ4n) is 2.90. The number of carbonyl (C=O) groups is 1. The largest absolute Gasteiger partial charge is 0.463 e. The maximum atomic E-state index is 12.2. The highest BCUT2D eigenvalue weighted by Crippen LogP contribution is 2.20. The molecule has 5 heteroatoms. The van der Waals surface area contributed by atoms with Gasteiger partial charge in [0.2, 0.25) is 0 Å². The molecule has 1 aliphatic heterocycles. The van der Waals surface area contributed by atoms with Crippen LogP contribution >= 0.6 is 0 Å². The van der Waals surface area contributed by atoms with E-state index < -0.39 is 0 Å². The molecule has 3 rings (SSSR count). The van der Waals surface area contributed by atoms with Gasteiger partial charge in [-0.25, -0.2) is 0 Å². The molecule has 2 heterocycles. The summed E-state index contributed by atoms with van der Waals surface area (Å²) in [5.41, 5.74) is 1.33. The lowest BCUT2D eigenvalue weighted by Gasteiger charge is -2.29. The first kappa shape index (κ1) is 15.1. The highest BCUT2D eigenvalue weighted by molar-refractivity contribution is 6.05. The number of piperidine rings is 1. The molecule has 0 spiro atoms. The van der Waals surface area contributed by atoms with E-state index in [0.717, 1.165) is 49.9 Å². The summed E-state index contributed by atoms with van der Waals surface area (Å²) >= 11 is 0. The average molecular weight is 302 g/mol. The van der Waals surface area contributed by atoms with Crippen LogP contribution in [-0.2, 0) is 0 Å². The minimum absolute atomic E-state index is 0.0842. The maximum Gasteiger partial charge on any atom is 0.255 e. The van der Waals surface area contributed by atoms with Gasteiger partial charge in [0.15, 0.2) is 0 Å². The monoisotopic (exact) mass is 302 g/mol. The van der Waals surface area contributed by atoms with Crippen LogP contribution in [0.3, 0.4) is 0 Å². The van der Waals surface area contributed by atoms with Crippen molar-refractivity contribution in [3.63, 3.8) is 0 Å². The molecule has 0 atom stereocenters.